The molecule has 0 atom stereocenters. The summed E-state index contributed by atoms with van der Waals surface area (Å²) >= 11 is 0. The molecule has 0 unspecified atom stereocenters. The van der Waals surface area contributed by atoms with Gasteiger partial charge in [0.2, 0.25) is 0 Å². The number of esters is 1. The van der Waals surface area contributed by atoms with E-state index in [1.165, 1.54) is 103 Å². The number of carbonyl (C=O) groups is 1. The fourth-order valence-corrected chi connectivity index (χ4v) is 3.78. The maximum atomic E-state index is 11.5. The lowest BCUT2D eigenvalue weighted by molar-refractivity contribution is -0.890. The van der Waals surface area contributed by atoms with Crippen molar-refractivity contribution in [3.05, 3.63) is 5.57 Å². The molecule has 0 spiro atoms. The van der Waals surface area contributed by atoms with Crippen molar-refractivity contribution in [2.75, 3.05) is 33.8 Å². The molecule has 0 bridgehead atoms. The quantitative estimate of drug-likeness (QED) is 0.0554. The minimum atomic E-state index is -0.750. The molecule has 178 valence electrons. The zero-order chi connectivity index (χ0) is 23.2. The van der Waals surface area contributed by atoms with Crippen LogP contribution in [0.1, 0.15) is 110 Å². The first kappa shape index (κ1) is 29.4. The smallest absolute Gasteiger partial charge is 0.358 e. The van der Waals surface area contributed by atoms with Gasteiger partial charge < -0.3 is 9.22 Å². The number of nitrogens with zero attached hydrogens (tertiary/aromatic N) is 2. The van der Waals surface area contributed by atoms with Crippen molar-refractivity contribution in [1.82, 2.24) is 0 Å². The normalized spacial score (nSPS) is 11.0. The number of hydrogen-bond acceptors (Lipinski definition) is 4. The molecule has 0 aromatic heterocycles. The molecule has 0 aliphatic heterocycles. The molecule has 31 heavy (non-hydrogen) atoms. The predicted molar refractivity (Wildman–Crippen MR) is 129 cm³/mol. The third kappa shape index (κ3) is 18.8. The second-order valence-electron chi connectivity index (χ2n) is 9.43. The van der Waals surface area contributed by atoms with E-state index in [0.29, 0.717) is 6.54 Å². The first-order chi connectivity index (χ1) is 15.0. The number of hydrogen-bond donors (Lipinski definition) is 1. The van der Waals surface area contributed by atoms with Gasteiger partial charge in [-0.25, -0.2) is 4.79 Å². The van der Waals surface area contributed by atoms with Crippen molar-refractivity contribution in [1.29, 1.82) is 10.7 Å². The summed E-state index contributed by atoms with van der Waals surface area (Å²) in [6.07, 6.45) is 22.0. The maximum Gasteiger partial charge on any atom is 0.358 e. The van der Waals surface area contributed by atoms with Gasteiger partial charge >= 0.3 is 5.97 Å². The van der Waals surface area contributed by atoms with Gasteiger partial charge in [0.1, 0.15) is 19.2 Å². The van der Waals surface area contributed by atoms with Crippen LogP contribution in [0.3, 0.4) is 0 Å². The van der Waals surface area contributed by atoms with Crippen LogP contribution in [0.25, 0.3) is 0 Å². The molecule has 0 amide bonds. The van der Waals surface area contributed by atoms with Gasteiger partial charge in [0, 0.05) is 5.87 Å². The van der Waals surface area contributed by atoms with Crippen LogP contribution in [0.2, 0.25) is 0 Å². The van der Waals surface area contributed by atoms with Crippen molar-refractivity contribution in [3.8, 4) is 6.07 Å². The fraction of sp³-hybridized carbons (Fsp3) is 0.846. The van der Waals surface area contributed by atoms with Crippen LogP contribution in [0, 0.1) is 16.7 Å². The number of nitrogens with one attached hydrogen (secondary N) is 1. The molecule has 0 aliphatic carbocycles. The molecule has 0 heterocycles. The van der Waals surface area contributed by atoms with E-state index in [0.717, 1.165) is 11.0 Å². The van der Waals surface area contributed by atoms with Gasteiger partial charge in [-0.15, -0.1) is 0 Å². The molecule has 0 aliphatic rings. The van der Waals surface area contributed by atoms with Crippen LogP contribution in [-0.4, -0.2) is 50.1 Å². The third-order valence-corrected chi connectivity index (χ3v) is 5.99. The third-order valence-electron chi connectivity index (χ3n) is 5.99. The average molecular weight is 435 g/mol. The number of quaternary nitrogens is 1. The van der Waals surface area contributed by atoms with E-state index in [4.69, 9.17) is 15.4 Å². The summed E-state index contributed by atoms with van der Waals surface area (Å²) in [5, 5.41) is 15.6. The SMILES string of the molecule is CCCCCCCCCCCCCCCCCC[N+](C)(C)CCOC(=O)C(=C=N)C#N. The molecule has 0 saturated heterocycles. The molecule has 0 radical (unpaired) electrons. The van der Waals surface area contributed by atoms with Gasteiger partial charge in [-0.2, -0.15) is 5.26 Å². The number of nitriles is 1. The standard InChI is InChI=1S/C26H48N3O2/c1-4-5-6-7-8-9-10-11-12-13-14-15-16-17-18-19-20-29(2,3)21-22-31-26(30)25(23-27)24-28/h27H,4-22H2,1-3H3/q+1. The number of likely N-dealkylation sites (N-methyl/N-ethyl adjacent to an activating group) is 1. The van der Waals surface area contributed by atoms with E-state index in [9.17, 15) is 4.79 Å². The highest BCUT2D eigenvalue weighted by molar-refractivity contribution is 6.01. The summed E-state index contributed by atoms with van der Waals surface area (Å²) in [5.41, 5.74) is -0.372. The Bertz CT molecular complexity index is 545. The van der Waals surface area contributed by atoms with Gasteiger partial charge in [0.05, 0.1) is 20.6 Å². The van der Waals surface area contributed by atoms with Crippen molar-refractivity contribution in [3.63, 3.8) is 0 Å². The molecule has 0 saturated carbocycles. The Balaban J connectivity index is 3.46. The Morgan fingerprint density at radius 2 is 1.19 bits per heavy atom. The minimum absolute atomic E-state index is 0.261. The monoisotopic (exact) mass is 434 g/mol. The molecular weight excluding hydrogens is 386 g/mol. The molecule has 1 N–H and O–H groups in total. The zero-order valence-electron chi connectivity index (χ0n) is 20.6. The van der Waals surface area contributed by atoms with Gasteiger partial charge in [-0.1, -0.05) is 96.8 Å². The highest BCUT2D eigenvalue weighted by Crippen LogP contribution is 2.14. The number of unbranched alkanes of at least 4 members (excludes halogenated alkanes) is 15. The fourth-order valence-electron chi connectivity index (χ4n) is 3.78. The van der Waals surface area contributed by atoms with Crippen LogP contribution in [0.15, 0.2) is 5.57 Å². The Hall–Kier alpha value is -1.63. The van der Waals surface area contributed by atoms with Gasteiger partial charge in [-0.3, -0.25) is 5.41 Å². The number of ether oxygens (including phenoxy) is 1. The lowest BCUT2D eigenvalue weighted by Crippen LogP contribution is -2.43. The van der Waals surface area contributed by atoms with Crippen molar-refractivity contribution >= 4 is 11.8 Å². The van der Waals surface area contributed by atoms with Crippen LogP contribution in [0.5, 0.6) is 0 Å². The van der Waals surface area contributed by atoms with Crippen molar-refractivity contribution in [2.45, 2.75) is 110 Å². The summed E-state index contributed by atoms with van der Waals surface area (Å²) < 4.78 is 5.85. The summed E-state index contributed by atoms with van der Waals surface area (Å²) in [6, 6.07) is 1.62. The van der Waals surface area contributed by atoms with E-state index >= 15 is 0 Å². The Kier molecular flexibility index (Phi) is 19.2. The van der Waals surface area contributed by atoms with E-state index in [1.54, 1.807) is 6.07 Å². The van der Waals surface area contributed by atoms with E-state index in [-0.39, 0.29) is 12.2 Å². The number of carbonyl (C=O) groups excluding carboxylic acids is 1. The molecular formula is C26H48N3O2+. The molecule has 0 rings (SSSR count). The zero-order valence-corrected chi connectivity index (χ0v) is 20.6. The predicted octanol–water partition coefficient (Wildman–Crippen LogP) is 6.57. The van der Waals surface area contributed by atoms with E-state index in [1.807, 2.05) is 5.87 Å². The van der Waals surface area contributed by atoms with Gasteiger partial charge in [0.15, 0.2) is 5.57 Å². The maximum absolute atomic E-state index is 11.5. The molecule has 5 nitrogen and oxygen atoms in total. The van der Waals surface area contributed by atoms with Gasteiger partial charge in [-0.05, 0) is 12.8 Å². The second kappa shape index (κ2) is 20.3. The minimum Gasteiger partial charge on any atom is -0.455 e. The van der Waals surface area contributed by atoms with Crippen LogP contribution in [0.4, 0.5) is 0 Å². The summed E-state index contributed by atoms with van der Waals surface area (Å²) in [5.74, 6) is 1.06. The largest absolute Gasteiger partial charge is 0.455 e. The Labute approximate surface area is 191 Å². The summed E-state index contributed by atoms with van der Waals surface area (Å²) in [4.78, 5) is 11.5. The van der Waals surface area contributed by atoms with Crippen molar-refractivity contribution < 1.29 is 14.0 Å². The highest BCUT2D eigenvalue weighted by Gasteiger charge is 2.17. The van der Waals surface area contributed by atoms with Crippen LogP contribution < -0.4 is 0 Å². The van der Waals surface area contributed by atoms with Crippen LogP contribution >= 0.6 is 0 Å². The lowest BCUT2D eigenvalue weighted by atomic mass is 10.0. The first-order valence-electron chi connectivity index (χ1n) is 12.7. The lowest BCUT2D eigenvalue weighted by Gasteiger charge is -2.29. The molecule has 0 fully saturated rings. The topological polar surface area (TPSA) is 73.9 Å². The van der Waals surface area contributed by atoms with Crippen molar-refractivity contribution in [2.24, 2.45) is 0 Å². The summed E-state index contributed by atoms with van der Waals surface area (Å²) in [6.45, 7) is 4.30. The first-order valence-corrected chi connectivity index (χ1v) is 12.7. The molecule has 0 aromatic carbocycles. The highest BCUT2D eigenvalue weighted by atomic mass is 16.5. The molecule has 5 heteroatoms. The van der Waals surface area contributed by atoms with E-state index < -0.39 is 5.97 Å². The van der Waals surface area contributed by atoms with Gasteiger partial charge in [0.25, 0.3) is 0 Å². The summed E-state index contributed by atoms with van der Waals surface area (Å²) in [7, 11) is 4.27. The number of rotatable bonds is 21. The average Bonchev–Trinajstić information content (AvgIpc) is 2.74. The van der Waals surface area contributed by atoms with E-state index in [2.05, 4.69) is 21.0 Å². The van der Waals surface area contributed by atoms with Crippen LogP contribution in [-0.2, 0) is 9.53 Å². The second-order valence-corrected chi connectivity index (χ2v) is 9.43. The molecule has 0 aromatic rings. The Morgan fingerprint density at radius 3 is 1.58 bits per heavy atom. The Morgan fingerprint density at radius 1 is 0.774 bits per heavy atom.